The van der Waals surface area contributed by atoms with Gasteiger partial charge in [0, 0.05) is 16.7 Å². The SMILES string of the molecule is C=CC(=O)O.Clc1ccccc1-c1ccccc1. The summed E-state index contributed by atoms with van der Waals surface area (Å²) in [6, 6.07) is 18.0. The quantitative estimate of drug-likeness (QED) is 0.819. The van der Waals surface area contributed by atoms with Crippen molar-refractivity contribution in [3.8, 4) is 11.1 Å². The fourth-order valence-corrected chi connectivity index (χ4v) is 1.56. The van der Waals surface area contributed by atoms with Gasteiger partial charge < -0.3 is 5.11 Å². The van der Waals surface area contributed by atoms with Crippen LogP contribution in [-0.4, -0.2) is 11.1 Å². The number of hydrogen-bond acceptors (Lipinski definition) is 1. The third-order valence-corrected chi connectivity index (χ3v) is 2.46. The van der Waals surface area contributed by atoms with Crippen LogP contribution >= 0.6 is 11.6 Å². The van der Waals surface area contributed by atoms with E-state index in [1.54, 1.807) is 0 Å². The van der Waals surface area contributed by atoms with Crippen molar-refractivity contribution in [2.24, 2.45) is 0 Å². The van der Waals surface area contributed by atoms with Crippen molar-refractivity contribution >= 4 is 17.6 Å². The highest BCUT2D eigenvalue weighted by Crippen LogP contribution is 2.26. The van der Waals surface area contributed by atoms with Crippen molar-refractivity contribution in [3.05, 3.63) is 72.3 Å². The van der Waals surface area contributed by atoms with Gasteiger partial charge in [-0.15, -0.1) is 0 Å². The first-order valence-electron chi connectivity index (χ1n) is 5.30. The topological polar surface area (TPSA) is 37.3 Å². The first kappa shape index (κ1) is 14.0. The molecule has 2 rings (SSSR count). The van der Waals surface area contributed by atoms with Crippen molar-refractivity contribution < 1.29 is 9.90 Å². The Labute approximate surface area is 111 Å². The van der Waals surface area contributed by atoms with Crippen LogP contribution in [0.25, 0.3) is 11.1 Å². The summed E-state index contributed by atoms with van der Waals surface area (Å²) >= 11 is 6.06. The van der Waals surface area contributed by atoms with E-state index in [0.717, 1.165) is 22.2 Å². The Morgan fingerprint density at radius 1 is 1.06 bits per heavy atom. The van der Waals surface area contributed by atoms with Gasteiger partial charge in [0.1, 0.15) is 0 Å². The Bertz CT molecular complexity index is 521. The predicted octanol–water partition coefficient (Wildman–Crippen LogP) is 4.26. The van der Waals surface area contributed by atoms with Gasteiger partial charge >= 0.3 is 5.97 Å². The van der Waals surface area contributed by atoms with Gasteiger partial charge in [0.25, 0.3) is 0 Å². The van der Waals surface area contributed by atoms with Crippen molar-refractivity contribution in [1.82, 2.24) is 0 Å². The number of rotatable bonds is 2. The van der Waals surface area contributed by atoms with Crippen LogP contribution in [0.2, 0.25) is 5.02 Å². The van der Waals surface area contributed by atoms with Crippen LogP contribution in [0.4, 0.5) is 0 Å². The molecule has 0 unspecified atom stereocenters. The van der Waals surface area contributed by atoms with Gasteiger partial charge in [-0.2, -0.15) is 0 Å². The highest BCUT2D eigenvalue weighted by Gasteiger charge is 1.99. The van der Waals surface area contributed by atoms with Gasteiger partial charge in [0.15, 0.2) is 0 Å². The van der Waals surface area contributed by atoms with Crippen molar-refractivity contribution in [2.75, 3.05) is 0 Å². The molecule has 0 atom stereocenters. The molecular weight excluding hydrogens is 248 g/mol. The molecule has 0 aromatic heterocycles. The highest BCUT2D eigenvalue weighted by molar-refractivity contribution is 6.33. The van der Waals surface area contributed by atoms with E-state index in [2.05, 4.69) is 18.7 Å². The normalized spacial score (nSPS) is 8.94. The maximum Gasteiger partial charge on any atom is 0.327 e. The van der Waals surface area contributed by atoms with E-state index < -0.39 is 5.97 Å². The molecule has 0 amide bonds. The number of carboxylic acid groups (broad SMARTS) is 1. The summed E-state index contributed by atoms with van der Waals surface area (Å²) < 4.78 is 0. The Morgan fingerprint density at radius 3 is 2.06 bits per heavy atom. The lowest BCUT2D eigenvalue weighted by atomic mass is 10.1. The summed E-state index contributed by atoms with van der Waals surface area (Å²) in [7, 11) is 0. The molecule has 0 fully saturated rings. The summed E-state index contributed by atoms with van der Waals surface area (Å²) in [5.74, 6) is -0.981. The monoisotopic (exact) mass is 260 g/mol. The fraction of sp³-hybridized carbons (Fsp3) is 0. The van der Waals surface area contributed by atoms with Gasteiger partial charge in [-0.1, -0.05) is 66.7 Å². The standard InChI is InChI=1S/C12H9Cl.C3H4O2/c13-12-9-5-4-8-11(12)10-6-2-1-3-7-10;1-2-3(4)5/h1-9H;2H,1H2,(H,4,5). The minimum atomic E-state index is -0.981. The van der Waals surface area contributed by atoms with Crippen molar-refractivity contribution in [2.45, 2.75) is 0 Å². The summed E-state index contributed by atoms with van der Waals surface area (Å²) in [5, 5.41) is 8.40. The molecule has 0 saturated carbocycles. The third kappa shape index (κ3) is 4.44. The van der Waals surface area contributed by atoms with E-state index in [1.165, 1.54) is 0 Å². The van der Waals surface area contributed by atoms with E-state index in [4.69, 9.17) is 16.7 Å². The first-order valence-corrected chi connectivity index (χ1v) is 5.68. The molecular formula is C15H13ClO2. The lowest BCUT2D eigenvalue weighted by Crippen LogP contribution is -1.82. The molecule has 92 valence electrons. The Hall–Kier alpha value is -2.06. The maximum absolute atomic E-state index is 9.25. The average Bonchev–Trinajstić information content (AvgIpc) is 2.41. The lowest BCUT2D eigenvalue weighted by molar-refractivity contribution is -0.131. The number of carbonyl (C=O) groups is 1. The number of halogens is 1. The van der Waals surface area contributed by atoms with Crippen LogP contribution in [0.5, 0.6) is 0 Å². The minimum absolute atomic E-state index is 0.800. The molecule has 0 aliphatic carbocycles. The molecule has 0 radical (unpaired) electrons. The molecule has 3 heteroatoms. The average molecular weight is 261 g/mol. The van der Waals surface area contributed by atoms with Crippen LogP contribution in [-0.2, 0) is 4.79 Å². The minimum Gasteiger partial charge on any atom is -0.478 e. The molecule has 0 spiro atoms. The smallest absolute Gasteiger partial charge is 0.327 e. The zero-order chi connectivity index (χ0) is 13.4. The van der Waals surface area contributed by atoms with Crippen LogP contribution in [0, 0.1) is 0 Å². The molecule has 0 saturated heterocycles. The Balaban J connectivity index is 0.000000280. The largest absolute Gasteiger partial charge is 0.478 e. The van der Waals surface area contributed by atoms with Crippen LogP contribution in [0.1, 0.15) is 0 Å². The zero-order valence-corrected chi connectivity index (χ0v) is 10.5. The van der Waals surface area contributed by atoms with Crippen LogP contribution in [0.3, 0.4) is 0 Å². The summed E-state index contributed by atoms with van der Waals surface area (Å²) in [4.78, 5) is 9.25. The van der Waals surface area contributed by atoms with Gasteiger partial charge in [-0.3, -0.25) is 0 Å². The molecule has 2 aromatic carbocycles. The second-order valence-corrected chi connectivity index (χ2v) is 3.80. The van der Waals surface area contributed by atoms with E-state index >= 15 is 0 Å². The van der Waals surface area contributed by atoms with Gasteiger partial charge in [-0.05, 0) is 11.6 Å². The molecule has 2 aromatic rings. The molecule has 0 aliphatic rings. The molecule has 0 bridgehead atoms. The molecule has 1 N–H and O–H groups in total. The molecule has 0 aliphatic heterocycles. The summed E-state index contributed by atoms with van der Waals surface area (Å²) in [6.07, 6.45) is 0.833. The summed E-state index contributed by atoms with van der Waals surface area (Å²) in [5.41, 5.74) is 2.25. The predicted molar refractivity (Wildman–Crippen MR) is 74.7 cm³/mol. The summed E-state index contributed by atoms with van der Waals surface area (Å²) in [6.45, 7) is 2.96. The molecule has 2 nitrogen and oxygen atoms in total. The third-order valence-electron chi connectivity index (χ3n) is 2.13. The van der Waals surface area contributed by atoms with Crippen LogP contribution < -0.4 is 0 Å². The van der Waals surface area contributed by atoms with E-state index in [1.807, 2.05) is 42.5 Å². The molecule has 18 heavy (non-hydrogen) atoms. The Morgan fingerprint density at radius 2 is 1.56 bits per heavy atom. The number of hydrogen-bond donors (Lipinski definition) is 1. The zero-order valence-electron chi connectivity index (χ0n) is 9.71. The second kappa shape index (κ2) is 7.30. The number of carboxylic acids is 1. The van der Waals surface area contributed by atoms with E-state index in [0.29, 0.717) is 0 Å². The maximum atomic E-state index is 9.25. The Kier molecular flexibility index (Phi) is 5.68. The van der Waals surface area contributed by atoms with E-state index in [-0.39, 0.29) is 0 Å². The molecule has 0 heterocycles. The van der Waals surface area contributed by atoms with Gasteiger partial charge in [0.05, 0.1) is 0 Å². The highest BCUT2D eigenvalue weighted by atomic mass is 35.5. The van der Waals surface area contributed by atoms with Crippen molar-refractivity contribution in [1.29, 1.82) is 0 Å². The van der Waals surface area contributed by atoms with Gasteiger partial charge in [0.2, 0.25) is 0 Å². The van der Waals surface area contributed by atoms with E-state index in [9.17, 15) is 4.79 Å². The fourth-order valence-electron chi connectivity index (χ4n) is 1.31. The number of benzene rings is 2. The lowest BCUT2D eigenvalue weighted by Gasteiger charge is -2.02. The van der Waals surface area contributed by atoms with Crippen LogP contribution in [0.15, 0.2) is 67.3 Å². The van der Waals surface area contributed by atoms with Crippen molar-refractivity contribution in [3.63, 3.8) is 0 Å². The first-order chi connectivity index (χ1) is 8.65. The van der Waals surface area contributed by atoms with Gasteiger partial charge in [-0.25, -0.2) is 4.79 Å². The second-order valence-electron chi connectivity index (χ2n) is 3.39. The number of aliphatic carboxylic acids is 1.